The van der Waals surface area contributed by atoms with Crippen molar-refractivity contribution in [2.45, 2.75) is 6.61 Å². The molecule has 150 valence electrons. The van der Waals surface area contributed by atoms with E-state index in [9.17, 15) is 24.3 Å². The number of hydrogen-bond acceptors (Lipinski definition) is 7. The third kappa shape index (κ3) is 3.18. The predicted octanol–water partition coefficient (Wildman–Crippen LogP) is 1.37. The quantitative estimate of drug-likeness (QED) is 0.440. The Morgan fingerprint density at radius 1 is 1.03 bits per heavy atom. The highest BCUT2D eigenvalue weighted by atomic mass is 16.5. The van der Waals surface area contributed by atoms with Crippen LogP contribution in [0.15, 0.2) is 59.4 Å². The first-order chi connectivity index (χ1) is 14.4. The van der Waals surface area contributed by atoms with Crippen molar-refractivity contribution < 1.29 is 24.2 Å². The summed E-state index contributed by atoms with van der Waals surface area (Å²) in [5, 5.41) is 12.4. The monoisotopic (exact) mass is 405 g/mol. The van der Waals surface area contributed by atoms with Crippen LogP contribution in [0, 0.1) is 0 Å². The lowest BCUT2D eigenvalue weighted by atomic mass is 10.1. The summed E-state index contributed by atoms with van der Waals surface area (Å²) in [6.45, 7) is 0.0290. The molecule has 1 aromatic heterocycles. The zero-order chi connectivity index (χ0) is 21.4. The zero-order valence-electron chi connectivity index (χ0n) is 15.4. The summed E-state index contributed by atoms with van der Waals surface area (Å²) in [4.78, 5) is 48.4. The highest BCUT2D eigenvalue weighted by Crippen LogP contribution is 2.26. The van der Waals surface area contributed by atoms with Gasteiger partial charge in [0.1, 0.15) is 23.7 Å². The lowest BCUT2D eigenvalue weighted by Crippen LogP contribution is -2.24. The SMILES string of the molecule is Nc1c2c(cc(=O)n1-c1ccc(C(=O)OCc3ccccc3)c(O)c1)C(=O)NC2=O. The van der Waals surface area contributed by atoms with Crippen LogP contribution >= 0.6 is 0 Å². The van der Waals surface area contributed by atoms with Gasteiger partial charge < -0.3 is 15.6 Å². The molecule has 1 aliphatic heterocycles. The number of phenolic OH excluding ortho intramolecular Hbond substituents is 1. The summed E-state index contributed by atoms with van der Waals surface area (Å²) in [7, 11) is 0. The molecule has 2 aromatic carbocycles. The van der Waals surface area contributed by atoms with Crippen LogP contribution in [0.1, 0.15) is 36.6 Å². The predicted molar refractivity (Wildman–Crippen MR) is 105 cm³/mol. The molecule has 0 saturated carbocycles. The first kappa shape index (κ1) is 18.9. The number of carbonyl (C=O) groups is 3. The minimum Gasteiger partial charge on any atom is -0.507 e. The molecule has 1 aliphatic rings. The van der Waals surface area contributed by atoms with Crippen molar-refractivity contribution >= 4 is 23.6 Å². The smallest absolute Gasteiger partial charge is 0.342 e. The molecule has 2 heterocycles. The van der Waals surface area contributed by atoms with E-state index in [1.165, 1.54) is 12.1 Å². The van der Waals surface area contributed by atoms with Gasteiger partial charge in [-0.15, -0.1) is 0 Å². The van der Waals surface area contributed by atoms with Gasteiger partial charge in [0.05, 0.1) is 16.8 Å². The number of benzene rings is 2. The number of nitrogen functional groups attached to an aromatic ring is 1. The molecule has 0 radical (unpaired) electrons. The van der Waals surface area contributed by atoms with Gasteiger partial charge in [-0.3, -0.25) is 24.3 Å². The van der Waals surface area contributed by atoms with Crippen molar-refractivity contribution in [3.63, 3.8) is 0 Å². The van der Waals surface area contributed by atoms with Crippen LogP contribution in [0.25, 0.3) is 5.69 Å². The average molecular weight is 405 g/mol. The Balaban J connectivity index is 1.65. The first-order valence-electron chi connectivity index (χ1n) is 8.82. The van der Waals surface area contributed by atoms with E-state index < -0.39 is 29.1 Å². The molecular formula is C21H15N3O6. The van der Waals surface area contributed by atoms with Gasteiger partial charge >= 0.3 is 5.97 Å². The van der Waals surface area contributed by atoms with Crippen LogP contribution in [-0.4, -0.2) is 27.5 Å². The molecule has 3 aromatic rings. The van der Waals surface area contributed by atoms with Crippen molar-refractivity contribution in [1.29, 1.82) is 0 Å². The van der Waals surface area contributed by atoms with Gasteiger partial charge in [0.2, 0.25) is 0 Å². The number of rotatable bonds is 4. The molecule has 9 nitrogen and oxygen atoms in total. The van der Waals surface area contributed by atoms with Gasteiger partial charge in [-0.05, 0) is 17.7 Å². The Kier molecular flexibility index (Phi) is 4.55. The van der Waals surface area contributed by atoms with Gasteiger partial charge in [0, 0.05) is 12.1 Å². The number of nitrogens with two attached hydrogens (primary N) is 1. The van der Waals surface area contributed by atoms with Crippen molar-refractivity contribution in [1.82, 2.24) is 9.88 Å². The van der Waals surface area contributed by atoms with Crippen molar-refractivity contribution in [2.75, 3.05) is 5.73 Å². The summed E-state index contributed by atoms with van der Waals surface area (Å²) >= 11 is 0. The fourth-order valence-electron chi connectivity index (χ4n) is 3.18. The summed E-state index contributed by atoms with van der Waals surface area (Å²) in [6.07, 6.45) is 0. The maximum Gasteiger partial charge on any atom is 0.342 e. The second-order valence-corrected chi connectivity index (χ2v) is 6.54. The minimum absolute atomic E-state index is 0.0290. The normalized spacial score (nSPS) is 12.4. The van der Waals surface area contributed by atoms with E-state index >= 15 is 0 Å². The maximum atomic E-state index is 12.5. The van der Waals surface area contributed by atoms with Gasteiger partial charge in [-0.1, -0.05) is 30.3 Å². The summed E-state index contributed by atoms with van der Waals surface area (Å²) in [5.41, 5.74) is 5.86. The molecule has 0 aliphatic carbocycles. The summed E-state index contributed by atoms with van der Waals surface area (Å²) in [5.74, 6) is -2.85. The topological polar surface area (TPSA) is 141 Å². The van der Waals surface area contributed by atoms with E-state index in [-0.39, 0.29) is 34.8 Å². The zero-order valence-corrected chi connectivity index (χ0v) is 15.4. The number of amides is 2. The molecule has 9 heteroatoms. The molecule has 2 amide bonds. The first-order valence-corrected chi connectivity index (χ1v) is 8.82. The number of nitrogens with one attached hydrogen (secondary N) is 1. The highest BCUT2D eigenvalue weighted by Gasteiger charge is 2.32. The average Bonchev–Trinajstić information content (AvgIpc) is 3.00. The van der Waals surface area contributed by atoms with Crippen LogP contribution in [0.4, 0.5) is 5.82 Å². The molecule has 0 atom stereocenters. The van der Waals surface area contributed by atoms with Crippen LogP contribution in [-0.2, 0) is 11.3 Å². The van der Waals surface area contributed by atoms with E-state index in [1.807, 2.05) is 18.2 Å². The molecule has 4 rings (SSSR count). The maximum absolute atomic E-state index is 12.5. The van der Waals surface area contributed by atoms with E-state index in [0.29, 0.717) is 0 Å². The number of ether oxygens (including phenoxy) is 1. The second-order valence-electron chi connectivity index (χ2n) is 6.54. The third-order valence-electron chi connectivity index (χ3n) is 4.63. The Morgan fingerprint density at radius 2 is 1.77 bits per heavy atom. The van der Waals surface area contributed by atoms with Crippen molar-refractivity contribution in [3.05, 3.63) is 87.2 Å². The molecule has 0 unspecified atom stereocenters. The lowest BCUT2D eigenvalue weighted by Gasteiger charge is -2.13. The number of aromatic nitrogens is 1. The van der Waals surface area contributed by atoms with Crippen molar-refractivity contribution in [3.8, 4) is 11.4 Å². The number of esters is 1. The fraction of sp³-hybridized carbons (Fsp3) is 0.0476. The van der Waals surface area contributed by atoms with Crippen LogP contribution < -0.4 is 16.6 Å². The Labute approximate surface area is 169 Å². The Bertz CT molecular complexity index is 1260. The number of carbonyl (C=O) groups excluding carboxylic acids is 3. The van der Waals surface area contributed by atoms with E-state index in [2.05, 4.69) is 5.32 Å². The molecule has 0 bridgehead atoms. The number of nitrogens with zero attached hydrogens (tertiary/aromatic N) is 1. The number of hydrogen-bond donors (Lipinski definition) is 3. The number of phenols is 1. The van der Waals surface area contributed by atoms with E-state index in [1.54, 1.807) is 12.1 Å². The largest absolute Gasteiger partial charge is 0.507 e. The van der Waals surface area contributed by atoms with Crippen molar-refractivity contribution in [2.24, 2.45) is 0 Å². The van der Waals surface area contributed by atoms with Crippen LogP contribution in [0.5, 0.6) is 5.75 Å². The van der Waals surface area contributed by atoms with Gasteiger partial charge in [0.25, 0.3) is 17.4 Å². The molecule has 0 fully saturated rings. The lowest BCUT2D eigenvalue weighted by molar-refractivity contribution is 0.0469. The fourth-order valence-corrected chi connectivity index (χ4v) is 3.18. The van der Waals surface area contributed by atoms with Crippen LogP contribution in [0.3, 0.4) is 0 Å². The van der Waals surface area contributed by atoms with E-state index in [0.717, 1.165) is 22.3 Å². The minimum atomic E-state index is -0.748. The van der Waals surface area contributed by atoms with E-state index in [4.69, 9.17) is 10.5 Å². The Morgan fingerprint density at radius 3 is 2.47 bits per heavy atom. The summed E-state index contributed by atoms with van der Waals surface area (Å²) in [6, 6.07) is 13.8. The molecule has 0 saturated heterocycles. The molecule has 30 heavy (non-hydrogen) atoms. The van der Waals surface area contributed by atoms with Crippen LogP contribution in [0.2, 0.25) is 0 Å². The molecular weight excluding hydrogens is 390 g/mol. The number of anilines is 1. The van der Waals surface area contributed by atoms with Gasteiger partial charge in [-0.25, -0.2) is 4.79 Å². The second kappa shape index (κ2) is 7.21. The number of aromatic hydroxyl groups is 1. The van der Waals surface area contributed by atoms with Gasteiger partial charge in [-0.2, -0.15) is 0 Å². The molecule has 4 N–H and O–H groups in total. The number of pyridine rings is 1. The number of fused-ring (bicyclic) bond motifs is 1. The number of imide groups is 1. The third-order valence-corrected chi connectivity index (χ3v) is 4.63. The van der Waals surface area contributed by atoms with Gasteiger partial charge in [0.15, 0.2) is 0 Å². The Hall–Kier alpha value is -4.40. The standard InChI is InChI=1S/C21H15N3O6/c22-18-17-14(19(27)23-20(17)28)9-16(26)24(18)12-6-7-13(15(25)8-12)21(29)30-10-11-4-2-1-3-5-11/h1-9,25H,10,22H2,(H,23,27,28). The summed E-state index contributed by atoms with van der Waals surface area (Å²) < 4.78 is 6.16. The highest BCUT2D eigenvalue weighted by molar-refractivity contribution is 6.23. The molecule has 0 spiro atoms.